The van der Waals surface area contributed by atoms with E-state index in [1.807, 2.05) is 4.90 Å². The number of nitriles is 1. The summed E-state index contributed by atoms with van der Waals surface area (Å²) in [4.78, 5) is 16.6. The van der Waals surface area contributed by atoms with E-state index in [-0.39, 0.29) is 12.5 Å². The molecule has 1 saturated heterocycles. The number of aryl methyl sites for hydroxylation is 1. The Kier molecular flexibility index (Phi) is 5.32. The van der Waals surface area contributed by atoms with Crippen molar-refractivity contribution in [1.29, 1.82) is 5.26 Å². The standard InChI is InChI=1S/C16H19F3N4OS/c17-16(18,19)10-23-6-4-22(5-7-23)9-14(24)21-15-12(8-20)11-2-1-3-13(11)25-15/h1-7,9-10H2,(H,21,24). The van der Waals surface area contributed by atoms with Gasteiger partial charge in [0.2, 0.25) is 5.91 Å². The van der Waals surface area contributed by atoms with E-state index in [1.165, 1.54) is 21.1 Å². The first-order chi connectivity index (χ1) is 11.9. The molecule has 136 valence electrons. The zero-order valence-corrected chi connectivity index (χ0v) is 14.5. The third-order valence-corrected chi connectivity index (χ3v) is 5.73. The van der Waals surface area contributed by atoms with Crippen molar-refractivity contribution in [3.63, 3.8) is 0 Å². The molecule has 0 saturated carbocycles. The zero-order chi connectivity index (χ0) is 18.0. The van der Waals surface area contributed by atoms with Crippen LogP contribution < -0.4 is 5.32 Å². The van der Waals surface area contributed by atoms with Crippen LogP contribution in [0.3, 0.4) is 0 Å². The second-order valence-electron chi connectivity index (χ2n) is 6.39. The van der Waals surface area contributed by atoms with Crippen LogP contribution in [-0.4, -0.2) is 61.2 Å². The minimum atomic E-state index is -4.19. The van der Waals surface area contributed by atoms with Gasteiger partial charge in [0.25, 0.3) is 0 Å². The largest absolute Gasteiger partial charge is 0.401 e. The number of thiophene rings is 1. The van der Waals surface area contributed by atoms with E-state index in [0.717, 1.165) is 24.8 Å². The fourth-order valence-electron chi connectivity index (χ4n) is 3.34. The van der Waals surface area contributed by atoms with Gasteiger partial charge in [0.05, 0.1) is 18.7 Å². The number of hydrogen-bond donors (Lipinski definition) is 1. The molecule has 1 fully saturated rings. The highest BCUT2D eigenvalue weighted by molar-refractivity contribution is 7.16. The number of rotatable bonds is 4. The van der Waals surface area contributed by atoms with Crippen LogP contribution >= 0.6 is 11.3 Å². The predicted molar refractivity (Wildman–Crippen MR) is 88.6 cm³/mol. The molecular formula is C16H19F3N4OS. The summed E-state index contributed by atoms with van der Waals surface area (Å²) in [6.07, 6.45) is -1.31. The smallest absolute Gasteiger partial charge is 0.315 e. The number of fused-ring (bicyclic) bond motifs is 1. The number of halogens is 3. The van der Waals surface area contributed by atoms with Gasteiger partial charge in [-0.2, -0.15) is 18.4 Å². The predicted octanol–water partition coefficient (Wildman–Crippen LogP) is 2.23. The molecule has 1 aliphatic heterocycles. The van der Waals surface area contributed by atoms with Crippen LogP contribution in [0.15, 0.2) is 0 Å². The summed E-state index contributed by atoms with van der Waals surface area (Å²) in [6.45, 7) is 0.671. The van der Waals surface area contributed by atoms with E-state index in [2.05, 4.69) is 11.4 Å². The molecule has 0 atom stereocenters. The lowest BCUT2D eigenvalue weighted by Crippen LogP contribution is -2.50. The van der Waals surface area contributed by atoms with Crippen LogP contribution in [0.5, 0.6) is 0 Å². The number of anilines is 1. The lowest BCUT2D eigenvalue weighted by atomic mass is 10.1. The third-order valence-electron chi connectivity index (χ3n) is 4.52. The number of nitrogens with zero attached hydrogens (tertiary/aromatic N) is 3. The highest BCUT2D eigenvalue weighted by atomic mass is 32.1. The van der Waals surface area contributed by atoms with Gasteiger partial charge in [0, 0.05) is 31.1 Å². The molecule has 0 bridgehead atoms. The molecule has 5 nitrogen and oxygen atoms in total. The van der Waals surface area contributed by atoms with Crippen molar-refractivity contribution in [2.75, 3.05) is 44.6 Å². The lowest BCUT2D eigenvalue weighted by molar-refractivity contribution is -0.149. The van der Waals surface area contributed by atoms with Crippen LogP contribution in [-0.2, 0) is 17.6 Å². The van der Waals surface area contributed by atoms with Gasteiger partial charge in [-0.05, 0) is 24.8 Å². The van der Waals surface area contributed by atoms with Gasteiger partial charge in [-0.3, -0.25) is 14.6 Å². The van der Waals surface area contributed by atoms with E-state index in [1.54, 1.807) is 0 Å². The molecular weight excluding hydrogens is 353 g/mol. The van der Waals surface area contributed by atoms with Gasteiger partial charge in [-0.15, -0.1) is 11.3 Å². The topological polar surface area (TPSA) is 59.4 Å². The number of carbonyl (C=O) groups is 1. The molecule has 1 aliphatic carbocycles. The minimum Gasteiger partial charge on any atom is -0.315 e. The molecule has 0 radical (unpaired) electrons. The van der Waals surface area contributed by atoms with Gasteiger partial charge < -0.3 is 5.32 Å². The third kappa shape index (κ3) is 4.51. The maximum Gasteiger partial charge on any atom is 0.401 e. The van der Waals surface area contributed by atoms with Crippen molar-refractivity contribution < 1.29 is 18.0 Å². The van der Waals surface area contributed by atoms with Crippen LogP contribution in [0, 0.1) is 11.3 Å². The van der Waals surface area contributed by atoms with Crippen molar-refractivity contribution in [1.82, 2.24) is 9.80 Å². The average molecular weight is 372 g/mol. The van der Waals surface area contributed by atoms with Gasteiger partial charge >= 0.3 is 6.18 Å². The van der Waals surface area contributed by atoms with Crippen LogP contribution in [0.4, 0.5) is 18.2 Å². The number of carbonyl (C=O) groups excluding carboxylic acids is 1. The summed E-state index contributed by atoms with van der Waals surface area (Å²) in [5, 5.41) is 12.7. The highest BCUT2D eigenvalue weighted by Crippen LogP contribution is 2.38. The van der Waals surface area contributed by atoms with Crippen molar-refractivity contribution in [2.45, 2.75) is 25.4 Å². The summed E-state index contributed by atoms with van der Waals surface area (Å²) in [5.74, 6) is -0.222. The number of alkyl halides is 3. The van der Waals surface area contributed by atoms with Crippen LogP contribution in [0.25, 0.3) is 0 Å². The Balaban J connectivity index is 1.50. The van der Waals surface area contributed by atoms with E-state index in [0.29, 0.717) is 36.7 Å². The summed E-state index contributed by atoms with van der Waals surface area (Å²) in [5.41, 5.74) is 1.63. The molecule has 0 unspecified atom stereocenters. The number of piperazine rings is 1. The van der Waals surface area contributed by atoms with Gasteiger partial charge in [0.1, 0.15) is 11.1 Å². The maximum absolute atomic E-state index is 12.4. The number of amides is 1. The minimum absolute atomic E-state index is 0.132. The zero-order valence-electron chi connectivity index (χ0n) is 13.7. The summed E-state index contributed by atoms with van der Waals surface area (Å²) in [7, 11) is 0. The molecule has 2 aliphatic rings. The van der Waals surface area contributed by atoms with Gasteiger partial charge in [-0.1, -0.05) is 0 Å². The van der Waals surface area contributed by atoms with E-state index in [9.17, 15) is 23.2 Å². The first-order valence-corrected chi connectivity index (χ1v) is 9.03. The molecule has 3 rings (SSSR count). The van der Waals surface area contributed by atoms with Crippen LogP contribution in [0.2, 0.25) is 0 Å². The first kappa shape index (κ1) is 18.2. The second kappa shape index (κ2) is 7.32. The molecule has 1 aromatic rings. The SMILES string of the molecule is N#Cc1c(NC(=O)CN2CCN(CC(F)(F)F)CC2)sc2c1CCC2. The molecule has 1 N–H and O–H groups in total. The monoisotopic (exact) mass is 372 g/mol. The van der Waals surface area contributed by atoms with Crippen molar-refractivity contribution in [3.05, 3.63) is 16.0 Å². The molecule has 0 aromatic carbocycles. The Morgan fingerprint density at radius 1 is 1.20 bits per heavy atom. The molecule has 1 aromatic heterocycles. The number of hydrogen-bond acceptors (Lipinski definition) is 5. The lowest BCUT2D eigenvalue weighted by Gasteiger charge is -2.34. The highest BCUT2D eigenvalue weighted by Gasteiger charge is 2.32. The van der Waals surface area contributed by atoms with E-state index < -0.39 is 12.7 Å². The van der Waals surface area contributed by atoms with Gasteiger partial charge in [0.15, 0.2) is 0 Å². The molecule has 1 amide bonds. The van der Waals surface area contributed by atoms with Crippen molar-refractivity contribution in [3.8, 4) is 6.07 Å². The molecule has 25 heavy (non-hydrogen) atoms. The van der Waals surface area contributed by atoms with E-state index >= 15 is 0 Å². The molecule has 0 spiro atoms. The Labute approximate surface area is 148 Å². The average Bonchev–Trinajstić information content (AvgIpc) is 3.08. The van der Waals surface area contributed by atoms with E-state index in [4.69, 9.17) is 0 Å². The Bertz CT molecular complexity index is 687. The Morgan fingerprint density at radius 2 is 1.88 bits per heavy atom. The van der Waals surface area contributed by atoms with Gasteiger partial charge in [-0.25, -0.2) is 0 Å². The van der Waals surface area contributed by atoms with Crippen molar-refractivity contribution in [2.24, 2.45) is 0 Å². The summed E-state index contributed by atoms with van der Waals surface area (Å²) < 4.78 is 37.2. The second-order valence-corrected chi connectivity index (χ2v) is 7.49. The first-order valence-electron chi connectivity index (χ1n) is 8.21. The van der Waals surface area contributed by atoms with Crippen LogP contribution in [0.1, 0.15) is 22.4 Å². The molecule has 9 heteroatoms. The molecule has 2 heterocycles. The fraction of sp³-hybridized carbons (Fsp3) is 0.625. The normalized spacial score (nSPS) is 18.8. The Hall–Kier alpha value is -1.63. The Morgan fingerprint density at radius 3 is 2.52 bits per heavy atom. The fourth-order valence-corrected chi connectivity index (χ4v) is 4.59. The maximum atomic E-state index is 12.4. The van der Waals surface area contributed by atoms with Crippen molar-refractivity contribution >= 4 is 22.2 Å². The summed E-state index contributed by atoms with van der Waals surface area (Å²) >= 11 is 1.46. The quantitative estimate of drug-likeness (QED) is 0.881. The number of nitrogens with one attached hydrogen (secondary N) is 1. The summed E-state index contributed by atoms with van der Waals surface area (Å²) in [6, 6.07) is 2.18.